The summed E-state index contributed by atoms with van der Waals surface area (Å²) in [6.07, 6.45) is 3.19. The Labute approximate surface area is 159 Å². The predicted molar refractivity (Wildman–Crippen MR) is 105 cm³/mol. The van der Waals surface area contributed by atoms with Crippen LogP contribution in [0.5, 0.6) is 23.0 Å². The Bertz CT molecular complexity index is 771. The molecule has 0 aliphatic carbocycles. The lowest BCUT2D eigenvalue weighted by atomic mass is 10.2. The molecule has 1 amide bonds. The van der Waals surface area contributed by atoms with E-state index in [1.54, 1.807) is 39.5 Å². The molecule has 6 nitrogen and oxygen atoms in total. The summed E-state index contributed by atoms with van der Waals surface area (Å²) in [5, 5.41) is 2.86. The smallest absolute Gasteiger partial charge is 0.244 e. The number of ether oxygens (including phenoxy) is 4. The molecule has 0 radical (unpaired) electrons. The van der Waals surface area contributed by atoms with Gasteiger partial charge >= 0.3 is 0 Å². The van der Waals surface area contributed by atoms with E-state index >= 15 is 0 Å². The van der Waals surface area contributed by atoms with Crippen molar-refractivity contribution in [3.05, 3.63) is 54.1 Å². The summed E-state index contributed by atoms with van der Waals surface area (Å²) in [6, 6.07) is 12.6. The molecule has 1 N–H and O–H groups in total. The molecule has 0 saturated carbocycles. The second kappa shape index (κ2) is 10.1. The van der Waals surface area contributed by atoms with Gasteiger partial charge in [-0.25, -0.2) is 0 Å². The molecule has 0 bridgehead atoms. The van der Waals surface area contributed by atoms with Crippen LogP contribution in [-0.4, -0.2) is 39.9 Å². The number of rotatable bonds is 9. The lowest BCUT2D eigenvalue weighted by Crippen LogP contribution is -2.35. The predicted octanol–water partition coefficient (Wildman–Crippen LogP) is 3.31. The minimum Gasteiger partial charge on any atom is -0.497 e. The van der Waals surface area contributed by atoms with Crippen molar-refractivity contribution in [2.75, 3.05) is 27.9 Å². The van der Waals surface area contributed by atoms with E-state index in [2.05, 4.69) is 5.32 Å². The maximum absolute atomic E-state index is 12.1. The summed E-state index contributed by atoms with van der Waals surface area (Å²) in [7, 11) is 4.77. The molecule has 2 aromatic rings. The molecule has 0 aliphatic rings. The maximum atomic E-state index is 12.1. The first-order valence-electron chi connectivity index (χ1n) is 8.53. The Hall–Kier alpha value is -3.15. The zero-order valence-corrected chi connectivity index (χ0v) is 16.0. The Morgan fingerprint density at radius 3 is 2.26 bits per heavy atom. The second-order valence-electron chi connectivity index (χ2n) is 5.84. The number of methoxy groups -OCH3 is 3. The van der Waals surface area contributed by atoms with E-state index in [9.17, 15) is 4.79 Å². The quantitative estimate of drug-likeness (QED) is 0.685. The van der Waals surface area contributed by atoms with Crippen LogP contribution in [0.25, 0.3) is 6.08 Å². The molecular formula is C21H25NO5. The van der Waals surface area contributed by atoms with Gasteiger partial charge in [-0.3, -0.25) is 4.79 Å². The molecule has 0 aromatic heterocycles. The van der Waals surface area contributed by atoms with Gasteiger partial charge in [0.1, 0.15) is 18.1 Å². The van der Waals surface area contributed by atoms with Crippen LogP contribution >= 0.6 is 0 Å². The number of amides is 1. The molecule has 0 spiro atoms. The van der Waals surface area contributed by atoms with Gasteiger partial charge in [-0.1, -0.05) is 6.07 Å². The summed E-state index contributed by atoms with van der Waals surface area (Å²) in [5.41, 5.74) is 0.838. The van der Waals surface area contributed by atoms with Crippen LogP contribution in [-0.2, 0) is 4.79 Å². The third-order valence-electron chi connectivity index (χ3n) is 3.78. The van der Waals surface area contributed by atoms with E-state index in [0.29, 0.717) is 18.1 Å². The summed E-state index contributed by atoms with van der Waals surface area (Å²) in [4.78, 5) is 12.1. The van der Waals surface area contributed by atoms with Gasteiger partial charge in [0.05, 0.1) is 27.4 Å². The van der Waals surface area contributed by atoms with E-state index in [-0.39, 0.29) is 11.9 Å². The van der Waals surface area contributed by atoms with Gasteiger partial charge in [0.2, 0.25) is 5.91 Å². The van der Waals surface area contributed by atoms with Crippen LogP contribution in [0, 0.1) is 0 Å². The van der Waals surface area contributed by atoms with Gasteiger partial charge in [-0.15, -0.1) is 0 Å². The fraction of sp³-hybridized carbons (Fsp3) is 0.286. The van der Waals surface area contributed by atoms with Gasteiger partial charge in [-0.2, -0.15) is 0 Å². The first-order valence-corrected chi connectivity index (χ1v) is 8.53. The molecule has 27 heavy (non-hydrogen) atoms. The molecular weight excluding hydrogens is 346 g/mol. The van der Waals surface area contributed by atoms with Gasteiger partial charge in [0, 0.05) is 6.08 Å². The largest absolute Gasteiger partial charge is 0.497 e. The molecule has 2 aromatic carbocycles. The number of hydrogen-bond acceptors (Lipinski definition) is 5. The molecule has 144 valence electrons. The van der Waals surface area contributed by atoms with Crippen molar-refractivity contribution < 1.29 is 23.7 Å². The fourth-order valence-corrected chi connectivity index (χ4v) is 2.35. The monoisotopic (exact) mass is 371 g/mol. The van der Waals surface area contributed by atoms with Crippen LogP contribution in [0.3, 0.4) is 0 Å². The van der Waals surface area contributed by atoms with Crippen LogP contribution in [0.15, 0.2) is 48.5 Å². The molecule has 0 fully saturated rings. The number of nitrogens with one attached hydrogen (secondary N) is 1. The number of carbonyl (C=O) groups is 1. The highest BCUT2D eigenvalue weighted by atomic mass is 16.5. The summed E-state index contributed by atoms with van der Waals surface area (Å²) >= 11 is 0. The van der Waals surface area contributed by atoms with E-state index in [0.717, 1.165) is 17.1 Å². The van der Waals surface area contributed by atoms with Crippen molar-refractivity contribution in [3.8, 4) is 23.0 Å². The van der Waals surface area contributed by atoms with Crippen molar-refractivity contribution in [2.45, 2.75) is 13.0 Å². The summed E-state index contributed by atoms with van der Waals surface area (Å²) in [6.45, 7) is 2.24. The van der Waals surface area contributed by atoms with E-state index in [4.69, 9.17) is 18.9 Å². The number of carbonyl (C=O) groups excluding carboxylic acids is 1. The van der Waals surface area contributed by atoms with Gasteiger partial charge in [0.15, 0.2) is 11.5 Å². The average molecular weight is 371 g/mol. The van der Waals surface area contributed by atoms with E-state index < -0.39 is 0 Å². The van der Waals surface area contributed by atoms with Crippen molar-refractivity contribution in [1.82, 2.24) is 5.32 Å². The van der Waals surface area contributed by atoms with Crippen LogP contribution in [0.2, 0.25) is 0 Å². The Morgan fingerprint density at radius 2 is 1.63 bits per heavy atom. The van der Waals surface area contributed by atoms with E-state index in [1.807, 2.05) is 37.3 Å². The highest BCUT2D eigenvalue weighted by Gasteiger charge is 2.07. The lowest BCUT2D eigenvalue weighted by Gasteiger charge is -2.14. The Balaban J connectivity index is 1.84. The fourth-order valence-electron chi connectivity index (χ4n) is 2.35. The Kier molecular flexibility index (Phi) is 7.55. The normalized spacial score (nSPS) is 11.7. The SMILES string of the molecule is COc1ccc(OC[C@@H](C)NC(=O)/C=C/c2ccc(OC)c(OC)c2)cc1. The van der Waals surface area contributed by atoms with Gasteiger partial charge in [-0.05, 0) is 55.0 Å². The molecule has 1 atom stereocenters. The minimum absolute atomic E-state index is 0.144. The van der Waals surface area contributed by atoms with Crippen molar-refractivity contribution in [3.63, 3.8) is 0 Å². The van der Waals surface area contributed by atoms with Crippen molar-refractivity contribution in [2.24, 2.45) is 0 Å². The zero-order valence-electron chi connectivity index (χ0n) is 16.0. The maximum Gasteiger partial charge on any atom is 0.244 e. The van der Waals surface area contributed by atoms with Gasteiger partial charge < -0.3 is 24.3 Å². The topological polar surface area (TPSA) is 66.0 Å². The van der Waals surface area contributed by atoms with Gasteiger partial charge in [0.25, 0.3) is 0 Å². The van der Waals surface area contributed by atoms with Crippen LogP contribution in [0.4, 0.5) is 0 Å². The van der Waals surface area contributed by atoms with Crippen LogP contribution < -0.4 is 24.3 Å². The second-order valence-corrected chi connectivity index (χ2v) is 5.84. The third-order valence-corrected chi connectivity index (χ3v) is 3.78. The first-order chi connectivity index (χ1) is 13.0. The molecule has 0 aliphatic heterocycles. The standard InChI is InChI=1S/C21H25NO5/c1-15(14-27-18-9-7-17(24-2)8-10-18)22-21(23)12-6-16-5-11-19(25-3)20(13-16)26-4/h5-13,15H,14H2,1-4H3,(H,22,23)/b12-6+/t15-/m1/s1. The lowest BCUT2D eigenvalue weighted by molar-refractivity contribution is -0.117. The highest BCUT2D eigenvalue weighted by molar-refractivity contribution is 5.92. The molecule has 0 heterocycles. The van der Waals surface area contributed by atoms with Crippen molar-refractivity contribution in [1.29, 1.82) is 0 Å². The zero-order chi connectivity index (χ0) is 19.6. The van der Waals surface area contributed by atoms with E-state index in [1.165, 1.54) is 6.08 Å². The molecule has 6 heteroatoms. The first kappa shape index (κ1) is 20.2. The molecule has 0 unspecified atom stereocenters. The average Bonchev–Trinajstić information content (AvgIpc) is 2.70. The molecule has 0 saturated heterocycles. The van der Waals surface area contributed by atoms with Crippen LogP contribution in [0.1, 0.15) is 12.5 Å². The number of hydrogen-bond donors (Lipinski definition) is 1. The third kappa shape index (κ3) is 6.26. The highest BCUT2D eigenvalue weighted by Crippen LogP contribution is 2.27. The van der Waals surface area contributed by atoms with Crippen molar-refractivity contribution >= 4 is 12.0 Å². The molecule has 2 rings (SSSR count). The number of benzene rings is 2. The summed E-state index contributed by atoms with van der Waals surface area (Å²) < 4.78 is 21.2. The minimum atomic E-state index is -0.199. The Morgan fingerprint density at radius 1 is 0.963 bits per heavy atom. The summed E-state index contributed by atoms with van der Waals surface area (Å²) in [5.74, 6) is 2.54.